The van der Waals surface area contributed by atoms with E-state index in [9.17, 15) is 10.1 Å². The van der Waals surface area contributed by atoms with E-state index in [1.807, 2.05) is 19.1 Å². The first-order chi connectivity index (χ1) is 16.7. The predicted molar refractivity (Wildman–Crippen MR) is 132 cm³/mol. The minimum atomic E-state index is -3.04. The minimum Gasteiger partial charge on any atom is -0.565 e. The lowest BCUT2D eigenvalue weighted by atomic mass is 10.1. The number of benzene rings is 2. The molecule has 0 saturated carbocycles. The Balaban J connectivity index is 0.000000983. The zero-order valence-corrected chi connectivity index (χ0v) is 21.4. The van der Waals surface area contributed by atoms with Gasteiger partial charge in [-0.05, 0) is 47.9 Å². The van der Waals surface area contributed by atoms with E-state index in [-0.39, 0.29) is 22.9 Å². The Labute approximate surface area is 217 Å². The van der Waals surface area contributed by atoms with Crippen molar-refractivity contribution < 1.29 is 30.5 Å². The highest BCUT2D eigenvalue weighted by molar-refractivity contribution is 7.30. The first-order valence-corrected chi connectivity index (χ1v) is 12.2. The summed E-state index contributed by atoms with van der Waals surface area (Å²) in [4.78, 5) is 27.7. The standard InChI is InChI=1S/C21H18Cl3N3O3.HO4P.H2/c1-2-18-20(24)19(26-12-25-18)5-3-4-13-6-8-15(9-7-13)30-21-16(22)10-14(27(28)29)11-17(21)23;1-4-5(2)3;/h6-12H,2-5H2,1H3;1H;1H. The van der Waals surface area contributed by atoms with E-state index in [4.69, 9.17) is 54.3 Å². The normalized spacial score (nSPS) is 10.9. The molecule has 1 unspecified atom stereocenters. The van der Waals surface area contributed by atoms with E-state index in [1.54, 1.807) is 18.5 Å². The molecule has 14 heteroatoms. The third-order valence-electron chi connectivity index (χ3n) is 4.55. The highest BCUT2D eigenvalue weighted by atomic mass is 35.5. The van der Waals surface area contributed by atoms with Gasteiger partial charge in [-0.2, -0.15) is 0 Å². The van der Waals surface area contributed by atoms with Gasteiger partial charge in [-0.15, -0.1) is 0 Å². The van der Waals surface area contributed by atoms with Crippen molar-refractivity contribution in [2.45, 2.75) is 32.6 Å². The van der Waals surface area contributed by atoms with Gasteiger partial charge in [0, 0.05) is 18.2 Å². The van der Waals surface area contributed by atoms with Gasteiger partial charge in [0.15, 0.2) is 5.75 Å². The molecule has 188 valence electrons. The average Bonchev–Trinajstić information content (AvgIpc) is 2.83. The fraction of sp³-hybridized carbons (Fsp3) is 0.238. The summed E-state index contributed by atoms with van der Waals surface area (Å²) in [6, 6.07) is 9.91. The van der Waals surface area contributed by atoms with Gasteiger partial charge in [-0.1, -0.05) is 53.9 Å². The summed E-state index contributed by atoms with van der Waals surface area (Å²) >= 11 is 18.5. The van der Waals surface area contributed by atoms with Crippen LogP contribution in [0.25, 0.3) is 0 Å². The average molecular weight is 565 g/mol. The molecule has 3 aromatic rings. The van der Waals surface area contributed by atoms with E-state index in [2.05, 4.69) is 14.6 Å². The highest BCUT2D eigenvalue weighted by Crippen LogP contribution is 2.39. The molecule has 0 radical (unpaired) electrons. The van der Waals surface area contributed by atoms with Gasteiger partial charge >= 0.3 is 8.25 Å². The van der Waals surface area contributed by atoms with Crippen LogP contribution < -0.4 is 9.63 Å². The van der Waals surface area contributed by atoms with Gasteiger partial charge in [-0.25, -0.2) is 15.2 Å². The smallest absolute Gasteiger partial charge is 0.521 e. The maximum Gasteiger partial charge on any atom is 0.521 e. The van der Waals surface area contributed by atoms with Gasteiger partial charge in [0.2, 0.25) is 0 Å². The van der Waals surface area contributed by atoms with E-state index < -0.39 is 13.2 Å². The Kier molecular flexibility index (Phi) is 11.7. The minimum absolute atomic E-state index is 0. The highest BCUT2D eigenvalue weighted by Gasteiger charge is 2.16. The first-order valence-electron chi connectivity index (χ1n) is 10.0. The zero-order chi connectivity index (χ0) is 26.0. The fourth-order valence-electron chi connectivity index (χ4n) is 2.92. The number of rotatable bonds is 9. The molecule has 0 bridgehead atoms. The van der Waals surface area contributed by atoms with Crippen LogP contribution in [-0.4, -0.2) is 20.1 Å². The molecule has 0 aliphatic rings. The molecule has 0 spiro atoms. The third-order valence-corrected chi connectivity index (χ3v) is 5.68. The molecular formula is C21H21Cl3N3O7P. The van der Waals surface area contributed by atoms with Crippen molar-refractivity contribution in [3.05, 3.63) is 84.9 Å². The molecule has 0 fully saturated rings. The van der Waals surface area contributed by atoms with Gasteiger partial charge in [0.1, 0.15) is 12.1 Å². The molecular weight excluding hydrogens is 544 g/mol. The van der Waals surface area contributed by atoms with Crippen LogP contribution in [0.3, 0.4) is 0 Å². The Bertz CT molecular complexity index is 1170. The van der Waals surface area contributed by atoms with Crippen LogP contribution in [0.4, 0.5) is 5.69 Å². The summed E-state index contributed by atoms with van der Waals surface area (Å²) in [5.74, 6) is 0.713. The van der Waals surface area contributed by atoms with Crippen molar-refractivity contribution in [2.24, 2.45) is 0 Å². The van der Waals surface area contributed by atoms with Crippen LogP contribution in [0.15, 0.2) is 42.7 Å². The van der Waals surface area contributed by atoms with Crippen LogP contribution in [0.2, 0.25) is 15.1 Å². The topological polar surface area (TPSA) is 148 Å². The lowest BCUT2D eigenvalue weighted by molar-refractivity contribution is -0.384. The van der Waals surface area contributed by atoms with Crippen molar-refractivity contribution in [1.82, 2.24) is 9.97 Å². The number of nitro groups is 1. The molecule has 1 N–H and O–H groups in total. The van der Waals surface area contributed by atoms with Crippen LogP contribution in [0.1, 0.15) is 31.7 Å². The Morgan fingerprint density at radius 3 is 2.17 bits per heavy atom. The molecule has 35 heavy (non-hydrogen) atoms. The van der Waals surface area contributed by atoms with Gasteiger partial charge in [0.25, 0.3) is 5.69 Å². The molecule has 1 aromatic heterocycles. The molecule has 0 saturated heterocycles. The molecule has 0 amide bonds. The lowest BCUT2D eigenvalue weighted by Gasteiger charge is -2.10. The van der Waals surface area contributed by atoms with E-state index in [0.717, 1.165) is 42.6 Å². The van der Waals surface area contributed by atoms with Crippen LogP contribution in [-0.2, 0) is 28.5 Å². The summed E-state index contributed by atoms with van der Waals surface area (Å²) in [7, 11) is -3.04. The van der Waals surface area contributed by atoms with Crippen molar-refractivity contribution in [3.63, 3.8) is 0 Å². The zero-order valence-electron chi connectivity index (χ0n) is 18.2. The van der Waals surface area contributed by atoms with Crippen LogP contribution >= 0.6 is 43.1 Å². The first kappa shape index (κ1) is 28.8. The van der Waals surface area contributed by atoms with Gasteiger partial charge < -0.3 is 9.63 Å². The van der Waals surface area contributed by atoms with Crippen molar-refractivity contribution >= 4 is 48.7 Å². The maximum absolute atomic E-state index is 10.9. The Morgan fingerprint density at radius 1 is 1.09 bits per heavy atom. The number of hydrogen-bond acceptors (Lipinski definition) is 9. The van der Waals surface area contributed by atoms with Gasteiger partial charge in [0.05, 0.1) is 31.4 Å². The quantitative estimate of drug-likeness (QED) is 0.131. The SMILES string of the molecule is CCc1ncnc(CCCc2ccc(Oc3c(Cl)cc([N+](=O)[O-])cc3Cl)cc2)c1Cl.O=[P+]([O-])OO.[HH]. The summed E-state index contributed by atoms with van der Waals surface area (Å²) in [5, 5.41) is 18.7. The number of aryl methyl sites for hydroxylation is 3. The molecule has 1 heterocycles. The number of aromatic nitrogens is 2. The summed E-state index contributed by atoms with van der Waals surface area (Å²) < 4.78 is 17.4. The summed E-state index contributed by atoms with van der Waals surface area (Å²) in [6.45, 7) is 2.01. The number of nitro benzene ring substituents is 1. The van der Waals surface area contributed by atoms with Gasteiger partial charge in [-0.3, -0.25) is 10.1 Å². The molecule has 3 rings (SSSR count). The van der Waals surface area contributed by atoms with E-state index >= 15 is 0 Å². The maximum atomic E-state index is 10.9. The number of halogens is 3. The molecule has 10 nitrogen and oxygen atoms in total. The lowest BCUT2D eigenvalue weighted by Crippen LogP contribution is -1.99. The monoisotopic (exact) mass is 563 g/mol. The molecule has 2 aromatic carbocycles. The Morgan fingerprint density at radius 2 is 1.66 bits per heavy atom. The van der Waals surface area contributed by atoms with E-state index in [0.29, 0.717) is 10.8 Å². The van der Waals surface area contributed by atoms with E-state index in [1.165, 1.54) is 12.1 Å². The largest absolute Gasteiger partial charge is 0.565 e. The second-order valence-electron chi connectivity index (χ2n) is 6.84. The molecule has 0 aliphatic heterocycles. The van der Waals surface area contributed by atoms with Crippen molar-refractivity contribution in [2.75, 3.05) is 0 Å². The molecule has 1 atom stereocenters. The second-order valence-corrected chi connectivity index (χ2v) is 8.64. The number of hydrogen-bond donors (Lipinski definition) is 1. The van der Waals surface area contributed by atoms with Crippen LogP contribution in [0.5, 0.6) is 11.5 Å². The van der Waals surface area contributed by atoms with Crippen molar-refractivity contribution in [3.8, 4) is 11.5 Å². The number of non-ortho nitro benzene ring substituents is 1. The summed E-state index contributed by atoms with van der Waals surface area (Å²) in [5.41, 5.74) is 2.67. The number of ether oxygens (including phenoxy) is 1. The third kappa shape index (κ3) is 8.94. The second kappa shape index (κ2) is 14.2. The Hall–Kier alpha value is -2.43. The van der Waals surface area contributed by atoms with Crippen molar-refractivity contribution in [1.29, 1.82) is 0 Å². The fourth-order valence-corrected chi connectivity index (χ4v) is 3.80. The predicted octanol–water partition coefficient (Wildman–Crippen LogP) is 6.61. The molecule has 0 aliphatic carbocycles. The number of nitrogens with zero attached hydrogens (tertiary/aromatic N) is 3. The van der Waals surface area contributed by atoms with Crippen LogP contribution in [0, 0.1) is 10.1 Å². The summed E-state index contributed by atoms with van der Waals surface area (Å²) in [6.07, 6.45) is 4.83.